The second-order valence-electron chi connectivity index (χ2n) is 2.10. The van der Waals surface area contributed by atoms with Gasteiger partial charge in [0, 0.05) is 18.0 Å². The zero-order valence-corrected chi connectivity index (χ0v) is 6.31. The van der Waals surface area contributed by atoms with Crippen molar-refractivity contribution in [2.75, 3.05) is 0 Å². The maximum Gasteiger partial charge on any atom is 0.225 e. The van der Waals surface area contributed by atoms with Crippen LogP contribution in [0.1, 0.15) is 0 Å². The van der Waals surface area contributed by atoms with Crippen molar-refractivity contribution in [2.45, 2.75) is 0 Å². The molecule has 0 unspecified atom stereocenters. The summed E-state index contributed by atoms with van der Waals surface area (Å²) in [5, 5.41) is 0. The molecule has 0 aromatic heterocycles. The summed E-state index contributed by atoms with van der Waals surface area (Å²) in [5.41, 5.74) is 0.368. The SMILES string of the molecule is O=CC(=O)C1=CC=CN=CC=C1. The first-order valence-corrected chi connectivity index (χ1v) is 3.41. The van der Waals surface area contributed by atoms with Gasteiger partial charge in [0.05, 0.1) is 0 Å². The van der Waals surface area contributed by atoms with Crippen molar-refractivity contribution < 1.29 is 9.59 Å². The molecule has 0 saturated carbocycles. The van der Waals surface area contributed by atoms with Crippen LogP contribution >= 0.6 is 0 Å². The van der Waals surface area contributed by atoms with Crippen LogP contribution in [0.3, 0.4) is 0 Å². The lowest BCUT2D eigenvalue weighted by molar-refractivity contribution is -0.127. The van der Waals surface area contributed by atoms with Gasteiger partial charge in [0.25, 0.3) is 0 Å². The summed E-state index contributed by atoms with van der Waals surface area (Å²) < 4.78 is 0. The molecule has 0 amide bonds. The largest absolute Gasteiger partial charge is 0.294 e. The molecule has 3 nitrogen and oxygen atoms in total. The monoisotopic (exact) mass is 161 g/mol. The predicted octanol–water partition coefficient (Wildman–Crippen LogP) is 0.835. The zero-order chi connectivity index (χ0) is 8.81. The number of ketones is 1. The molecule has 1 rings (SSSR count). The molecule has 3 heteroatoms. The van der Waals surface area contributed by atoms with Gasteiger partial charge >= 0.3 is 0 Å². The van der Waals surface area contributed by atoms with Gasteiger partial charge < -0.3 is 0 Å². The molecule has 0 atom stereocenters. The van der Waals surface area contributed by atoms with Gasteiger partial charge in [-0.1, -0.05) is 0 Å². The van der Waals surface area contributed by atoms with Crippen LogP contribution < -0.4 is 0 Å². The standard InChI is InChI=1S/C9H7NO2/c11-7-9(12)8-3-1-5-10-6-2-4-8/h1-7H. The maximum atomic E-state index is 10.9. The minimum Gasteiger partial charge on any atom is -0.294 e. The quantitative estimate of drug-likeness (QED) is 0.445. The highest BCUT2D eigenvalue weighted by molar-refractivity contribution is 6.34. The fraction of sp³-hybridized carbons (Fsp3) is 0. The summed E-state index contributed by atoms with van der Waals surface area (Å²) in [6, 6.07) is 0. The molecule has 1 aliphatic rings. The summed E-state index contributed by atoms with van der Waals surface area (Å²) in [6.07, 6.45) is 9.69. The number of carbonyl (C=O) groups excluding carboxylic acids is 2. The molecule has 0 aromatic carbocycles. The van der Waals surface area contributed by atoms with E-state index in [-0.39, 0.29) is 0 Å². The van der Waals surface area contributed by atoms with E-state index in [1.807, 2.05) is 0 Å². The van der Waals surface area contributed by atoms with Crippen molar-refractivity contribution >= 4 is 18.3 Å². The maximum absolute atomic E-state index is 10.9. The van der Waals surface area contributed by atoms with E-state index in [0.29, 0.717) is 11.9 Å². The zero-order valence-electron chi connectivity index (χ0n) is 6.31. The molecule has 12 heavy (non-hydrogen) atoms. The van der Waals surface area contributed by atoms with Gasteiger partial charge in [-0.15, -0.1) is 0 Å². The Morgan fingerprint density at radius 3 is 3.00 bits per heavy atom. The van der Waals surface area contributed by atoms with E-state index in [0.717, 1.165) is 0 Å². The number of rotatable bonds is 2. The third-order valence-corrected chi connectivity index (χ3v) is 1.29. The molecule has 1 aliphatic heterocycles. The topological polar surface area (TPSA) is 46.5 Å². The number of aliphatic imine (C=N–C) groups is 1. The molecule has 60 valence electrons. The van der Waals surface area contributed by atoms with Crippen molar-refractivity contribution in [1.82, 2.24) is 0 Å². The average Bonchev–Trinajstić information content (AvgIpc) is 2.02. The van der Waals surface area contributed by atoms with Crippen LogP contribution in [0.4, 0.5) is 0 Å². The Morgan fingerprint density at radius 2 is 2.25 bits per heavy atom. The fourth-order valence-corrected chi connectivity index (χ4v) is 0.730. The van der Waals surface area contributed by atoms with E-state index in [1.54, 1.807) is 36.7 Å². The molecule has 1 heterocycles. The third-order valence-electron chi connectivity index (χ3n) is 1.29. The lowest BCUT2D eigenvalue weighted by atomic mass is 10.1. The third kappa shape index (κ3) is 2.12. The number of Topliss-reactive ketones (excluding diaryl/α,β-unsaturated/α-hetero) is 1. The first-order chi connectivity index (χ1) is 5.84. The number of nitrogens with zero attached hydrogens (tertiary/aromatic N) is 1. The number of carbonyl (C=O) groups is 2. The molecule has 0 radical (unpaired) electrons. The summed E-state index contributed by atoms with van der Waals surface area (Å²) in [7, 11) is 0. The Bertz CT molecular complexity index is 308. The minimum absolute atomic E-state index is 0.294. The van der Waals surface area contributed by atoms with Gasteiger partial charge in [0.1, 0.15) is 0 Å². The Kier molecular flexibility index (Phi) is 2.90. The molecule has 0 saturated heterocycles. The highest BCUT2D eigenvalue weighted by atomic mass is 16.2. The summed E-state index contributed by atoms with van der Waals surface area (Å²) in [5.74, 6) is -0.522. The van der Waals surface area contributed by atoms with Gasteiger partial charge in [-0.2, -0.15) is 0 Å². The van der Waals surface area contributed by atoms with Crippen LogP contribution in [0.15, 0.2) is 41.1 Å². The van der Waals surface area contributed by atoms with Gasteiger partial charge in [-0.05, 0) is 24.3 Å². The van der Waals surface area contributed by atoms with E-state index >= 15 is 0 Å². The second kappa shape index (κ2) is 4.18. The van der Waals surface area contributed by atoms with Crippen LogP contribution in [-0.2, 0) is 9.59 Å². The lowest BCUT2D eigenvalue weighted by Crippen LogP contribution is -2.01. The number of hydrogen-bond acceptors (Lipinski definition) is 3. The summed E-state index contributed by atoms with van der Waals surface area (Å²) >= 11 is 0. The van der Waals surface area contributed by atoms with Crippen molar-refractivity contribution in [3.8, 4) is 0 Å². The molecule has 0 spiro atoms. The molecule has 0 aliphatic carbocycles. The van der Waals surface area contributed by atoms with Crippen LogP contribution in [0.2, 0.25) is 0 Å². The fourth-order valence-electron chi connectivity index (χ4n) is 0.730. The second-order valence-corrected chi connectivity index (χ2v) is 2.10. The van der Waals surface area contributed by atoms with E-state index in [4.69, 9.17) is 0 Å². The van der Waals surface area contributed by atoms with Crippen molar-refractivity contribution in [1.29, 1.82) is 0 Å². The molecule has 0 aromatic rings. The van der Waals surface area contributed by atoms with Crippen LogP contribution in [-0.4, -0.2) is 18.3 Å². The van der Waals surface area contributed by atoms with Crippen LogP contribution in [0.25, 0.3) is 0 Å². The van der Waals surface area contributed by atoms with Crippen molar-refractivity contribution in [3.63, 3.8) is 0 Å². The lowest BCUT2D eigenvalue weighted by Gasteiger charge is -1.92. The number of allylic oxidation sites excluding steroid dienone is 5. The van der Waals surface area contributed by atoms with Gasteiger partial charge in [0.2, 0.25) is 5.78 Å². The summed E-state index contributed by atoms with van der Waals surface area (Å²) in [6.45, 7) is 0. The van der Waals surface area contributed by atoms with E-state index < -0.39 is 5.78 Å². The Labute approximate surface area is 69.8 Å². The molecular weight excluding hydrogens is 154 g/mol. The predicted molar refractivity (Wildman–Crippen MR) is 45.9 cm³/mol. The molecule has 0 N–H and O–H groups in total. The van der Waals surface area contributed by atoms with Gasteiger partial charge in [-0.25, -0.2) is 0 Å². The van der Waals surface area contributed by atoms with E-state index in [2.05, 4.69) is 4.99 Å². The molecular formula is C9H7NO2. The number of hydrogen-bond donors (Lipinski definition) is 0. The summed E-state index contributed by atoms with van der Waals surface area (Å²) in [4.78, 5) is 24.8. The van der Waals surface area contributed by atoms with Crippen LogP contribution in [0.5, 0.6) is 0 Å². The minimum atomic E-state index is -0.522. The normalized spacial score (nSPS) is 14.8. The molecule has 0 bridgehead atoms. The van der Waals surface area contributed by atoms with Gasteiger partial charge in [-0.3, -0.25) is 14.6 Å². The highest BCUT2D eigenvalue weighted by Gasteiger charge is 2.02. The average molecular weight is 161 g/mol. The van der Waals surface area contributed by atoms with Crippen LogP contribution in [0, 0.1) is 0 Å². The van der Waals surface area contributed by atoms with E-state index in [1.165, 1.54) is 0 Å². The Hall–Kier alpha value is -1.77. The van der Waals surface area contributed by atoms with Crippen molar-refractivity contribution in [2.24, 2.45) is 4.99 Å². The first-order valence-electron chi connectivity index (χ1n) is 3.41. The Balaban J connectivity index is 2.89. The van der Waals surface area contributed by atoms with E-state index in [9.17, 15) is 9.59 Å². The first kappa shape index (κ1) is 8.33. The highest BCUT2D eigenvalue weighted by Crippen LogP contribution is 1.99. The smallest absolute Gasteiger partial charge is 0.225 e. The van der Waals surface area contributed by atoms with Crippen molar-refractivity contribution in [3.05, 3.63) is 36.1 Å². The molecule has 0 fully saturated rings. The Morgan fingerprint density at radius 1 is 1.42 bits per heavy atom. The number of aldehydes is 1. The van der Waals surface area contributed by atoms with Gasteiger partial charge in [0.15, 0.2) is 6.29 Å².